The Balaban J connectivity index is 3.39. The minimum absolute atomic E-state index is 0.414. The molecule has 18 heavy (non-hydrogen) atoms. The Kier molecular flexibility index (Phi) is 3.84. The predicted molar refractivity (Wildman–Crippen MR) is 58.5 cm³/mol. The number of carboxylic acid groups (broad SMARTS) is 1. The number of aromatic hydroxyl groups is 4. The van der Waals surface area contributed by atoms with Crippen molar-refractivity contribution in [1.82, 2.24) is 0 Å². The number of hydrogen-bond donors (Lipinski definition) is 6. The van der Waals surface area contributed by atoms with Crippen LogP contribution in [0.5, 0.6) is 23.0 Å². The molecule has 0 saturated heterocycles. The number of phenolic OH excluding ortho intramolecular Hbond substituents is 4. The van der Waals surface area contributed by atoms with Gasteiger partial charge in [-0.2, -0.15) is 0 Å². The third kappa shape index (κ3) is 2.24. The molecule has 8 nitrogen and oxygen atoms in total. The summed E-state index contributed by atoms with van der Waals surface area (Å²) in [5.74, 6) is -4.62. The van der Waals surface area contributed by atoms with Crippen molar-refractivity contribution >= 4 is 5.97 Å². The summed E-state index contributed by atoms with van der Waals surface area (Å²) in [7, 11) is 1.12. The van der Waals surface area contributed by atoms with Crippen LogP contribution < -0.4 is 5.73 Å². The zero-order chi connectivity index (χ0) is 14.0. The number of carboxylic acids is 1. The maximum atomic E-state index is 10.8. The molecule has 1 aromatic rings. The zero-order valence-corrected chi connectivity index (χ0v) is 9.36. The van der Waals surface area contributed by atoms with Gasteiger partial charge in [0, 0.05) is 13.2 Å². The summed E-state index contributed by atoms with van der Waals surface area (Å²) in [4.78, 5) is 10.8. The van der Waals surface area contributed by atoms with Gasteiger partial charge in [-0.05, 0) is 0 Å². The third-order valence-corrected chi connectivity index (χ3v) is 2.42. The first kappa shape index (κ1) is 13.9. The fourth-order valence-corrected chi connectivity index (χ4v) is 1.50. The summed E-state index contributed by atoms with van der Waals surface area (Å²) in [6.07, 6.45) is -1.39. The van der Waals surface area contributed by atoms with Gasteiger partial charge in [-0.25, -0.2) is 0 Å². The molecule has 0 aliphatic rings. The predicted octanol–water partition coefficient (Wildman–Crippen LogP) is -0.392. The number of nitrogens with two attached hydrogens (primary N) is 1. The molecule has 0 aliphatic carbocycles. The molecule has 0 aromatic heterocycles. The maximum absolute atomic E-state index is 10.8. The summed E-state index contributed by atoms with van der Waals surface area (Å²) < 4.78 is 4.80. The van der Waals surface area contributed by atoms with Gasteiger partial charge in [-0.3, -0.25) is 4.79 Å². The molecule has 1 aromatic carbocycles. The molecular formula is C10H13NO7. The van der Waals surface area contributed by atoms with Crippen LogP contribution in [0.1, 0.15) is 11.7 Å². The van der Waals surface area contributed by atoms with Crippen molar-refractivity contribution in [1.29, 1.82) is 0 Å². The summed E-state index contributed by atoms with van der Waals surface area (Å²) in [5.41, 5.74) is 4.92. The van der Waals surface area contributed by atoms with Crippen LogP contribution >= 0.6 is 0 Å². The van der Waals surface area contributed by atoms with Gasteiger partial charge < -0.3 is 36.0 Å². The Bertz CT molecular complexity index is 474. The summed E-state index contributed by atoms with van der Waals surface area (Å²) in [6, 6.07) is -0.832. The van der Waals surface area contributed by atoms with E-state index in [9.17, 15) is 20.1 Å². The third-order valence-electron chi connectivity index (χ3n) is 2.42. The average Bonchev–Trinajstić information content (AvgIpc) is 2.30. The largest absolute Gasteiger partial charge is 0.507 e. The molecule has 1 rings (SSSR count). The van der Waals surface area contributed by atoms with Gasteiger partial charge in [0.15, 0.2) is 11.5 Å². The molecule has 0 bridgehead atoms. The van der Waals surface area contributed by atoms with Crippen molar-refractivity contribution in [3.8, 4) is 23.0 Å². The summed E-state index contributed by atoms with van der Waals surface area (Å²) in [5, 5.41) is 46.4. The van der Waals surface area contributed by atoms with Crippen molar-refractivity contribution < 1.29 is 35.1 Å². The summed E-state index contributed by atoms with van der Waals surface area (Å²) >= 11 is 0. The highest BCUT2D eigenvalue weighted by Crippen LogP contribution is 2.46. The van der Waals surface area contributed by atoms with Crippen LogP contribution in [0.3, 0.4) is 0 Å². The minimum Gasteiger partial charge on any atom is -0.507 e. The smallest absolute Gasteiger partial charge is 0.323 e. The Hall–Kier alpha value is -2.19. The Morgan fingerprint density at radius 3 is 2.22 bits per heavy atom. The SMILES string of the molecule is COC(c1c(O)cc(O)c(O)c1O)C(N)C(=O)O. The molecular weight excluding hydrogens is 246 g/mol. The number of benzene rings is 1. The van der Waals surface area contributed by atoms with E-state index in [4.69, 9.17) is 20.7 Å². The second-order valence-corrected chi connectivity index (χ2v) is 3.55. The van der Waals surface area contributed by atoms with E-state index in [1.807, 2.05) is 0 Å². The molecule has 0 aliphatic heterocycles. The lowest BCUT2D eigenvalue weighted by Crippen LogP contribution is -2.37. The van der Waals surface area contributed by atoms with Crippen molar-refractivity contribution in [3.05, 3.63) is 11.6 Å². The molecule has 8 heteroatoms. The van der Waals surface area contributed by atoms with E-state index < -0.39 is 46.7 Å². The van der Waals surface area contributed by atoms with E-state index in [0.29, 0.717) is 0 Å². The van der Waals surface area contributed by atoms with Crippen LogP contribution in [0.2, 0.25) is 0 Å². The molecule has 0 spiro atoms. The van der Waals surface area contributed by atoms with Crippen LogP contribution in [0.25, 0.3) is 0 Å². The Morgan fingerprint density at radius 2 is 1.78 bits per heavy atom. The van der Waals surface area contributed by atoms with Crippen LogP contribution in [0.15, 0.2) is 6.07 Å². The summed E-state index contributed by atoms with van der Waals surface area (Å²) in [6.45, 7) is 0. The monoisotopic (exact) mass is 259 g/mol. The zero-order valence-electron chi connectivity index (χ0n) is 9.36. The molecule has 0 amide bonds. The van der Waals surface area contributed by atoms with Crippen LogP contribution in [0, 0.1) is 0 Å². The second kappa shape index (κ2) is 4.98. The fourth-order valence-electron chi connectivity index (χ4n) is 1.50. The van der Waals surface area contributed by atoms with Gasteiger partial charge >= 0.3 is 5.97 Å². The number of ether oxygens (including phenoxy) is 1. The molecule has 0 saturated carbocycles. The number of methoxy groups -OCH3 is 1. The lowest BCUT2D eigenvalue weighted by Gasteiger charge is -2.22. The van der Waals surface area contributed by atoms with Gasteiger partial charge in [0.1, 0.15) is 17.9 Å². The van der Waals surface area contributed by atoms with Crippen LogP contribution in [-0.4, -0.2) is 44.7 Å². The highest BCUT2D eigenvalue weighted by atomic mass is 16.5. The number of rotatable bonds is 4. The molecule has 2 atom stereocenters. The van der Waals surface area contributed by atoms with E-state index >= 15 is 0 Å². The topological polar surface area (TPSA) is 153 Å². The van der Waals surface area contributed by atoms with Crippen molar-refractivity contribution in [2.75, 3.05) is 7.11 Å². The minimum atomic E-state index is -1.57. The molecule has 2 unspecified atom stereocenters. The molecule has 7 N–H and O–H groups in total. The Morgan fingerprint density at radius 1 is 1.22 bits per heavy atom. The first-order valence-corrected chi connectivity index (χ1v) is 4.79. The van der Waals surface area contributed by atoms with Gasteiger partial charge in [0.2, 0.25) is 5.75 Å². The number of phenols is 4. The normalized spacial score (nSPS) is 14.1. The highest BCUT2D eigenvalue weighted by molar-refractivity contribution is 5.75. The molecule has 0 heterocycles. The first-order chi connectivity index (χ1) is 8.31. The standard InChI is InChI=1S/C10H13NO7/c1-18-9(6(11)10(16)17)5-3(12)2-4(13)7(14)8(5)15/h2,6,9,12-15H,11H2,1H3,(H,16,17). The molecule has 0 radical (unpaired) electrons. The van der Waals surface area contributed by atoms with Gasteiger partial charge in [-0.15, -0.1) is 0 Å². The number of carbonyl (C=O) groups is 1. The number of aliphatic carboxylic acids is 1. The van der Waals surface area contributed by atoms with E-state index in [1.165, 1.54) is 0 Å². The lowest BCUT2D eigenvalue weighted by molar-refractivity contribution is -0.142. The second-order valence-electron chi connectivity index (χ2n) is 3.55. The lowest BCUT2D eigenvalue weighted by atomic mass is 9.99. The van der Waals surface area contributed by atoms with Crippen molar-refractivity contribution in [3.63, 3.8) is 0 Å². The van der Waals surface area contributed by atoms with Crippen molar-refractivity contribution in [2.24, 2.45) is 5.73 Å². The van der Waals surface area contributed by atoms with Gasteiger partial charge in [-0.1, -0.05) is 0 Å². The van der Waals surface area contributed by atoms with E-state index in [2.05, 4.69) is 0 Å². The van der Waals surface area contributed by atoms with Crippen LogP contribution in [0.4, 0.5) is 0 Å². The Labute approximate surface area is 101 Å². The highest BCUT2D eigenvalue weighted by Gasteiger charge is 2.32. The van der Waals surface area contributed by atoms with Gasteiger partial charge in [0.05, 0.1) is 5.56 Å². The quantitative estimate of drug-likeness (QED) is 0.315. The maximum Gasteiger partial charge on any atom is 0.323 e. The van der Waals surface area contributed by atoms with E-state index in [0.717, 1.165) is 13.2 Å². The molecule has 0 fully saturated rings. The van der Waals surface area contributed by atoms with E-state index in [1.54, 1.807) is 0 Å². The van der Waals surface area contributed by atoms with Gasteiger partial charge in [0.25, 0.3) is 0 Å². The first-order valence-electron chi connectivity index (χ1n) is 4.79. The van der Waals surface area contributed by atoms with Crippen molar-refractivity contribution in [2.45, 2.75) is 12.1 Å². The average molecular weight is 259 g/mol. The van der Waals surface area contributed by atoms with E-state index in [-0.39, 0.29) is 0 Å². The molecule has 100 valence electrons. The number of hydrogen-bond acceptors (Lipinski definition) is 7. The van der Waals surface area contributed by atoms with Crippen LogP contribution in [-0.2, 0) is 9.53 Å². The fraction of sp³-hybridized carbons (Fsp3) is 0.300.